The minimum atomic E-state index is -4.17. The molecule has 0 aliphatic rings. The minimum absolute atomic E-state index is 0.395. The first-order chi connectivity index (χ1) is 6.96. The van der Waals surface area contributed by atoms with Gasteiger partial charge in [-0.05, 0) is 36.1 Å². The Hall–Kier alpha value is -1.07. The van der Waals surface area contributed by atoms with Crippen LogP contribution >= 0.6 is 0 Å². The SMILES string of the molecule is CCc1ccc(NS(=O)(=O)O)cc1CC. The minimum Gasteiger partial charge on any atom is -0.269 e. The third kappa shape index (κ3) is 3.53. The average Bonchev–Trinajstić information content (AvgIpc) is 2.15. The molecule has 1 rings (SSSR count). The number of anilines is 1. The molecule has 0 radical (unpaired) electrons. The molecule has 0 atom stereocenters. The van der Waals surface area contributed by atoms with E-state index in [1.54, 1.807) is 12.1 Å². The number of hydrogen-bond acceptors (Lipinski definition) is 2. The van der Waals surface area contributed by atoms with E-state index < -0.39 is 10.3 Å². The van der Waals surface area contributed by atoms with E-state index in [4.69, 9.17) is 4.55 Å². The number of nitrogens with one attached hydrogen (secondary N) is 1. The lowest BCUT2D eigenvalue weighted by Crippen LogP contribution is -2.10. The van der Waals surface area contributed by atoms with Crippen molar-refractivity contribution in [3.63, 3.8) is 0 Å². The molecular weight excluding hydrogens is 214 g/mol. The van der Waals surface area contributed by atoms with Crippen molar-refractivity contribution in [2.45, 2.75) is 26.7 Å². The molecule has 0 saturated heterocycles. The topological polar surface area (TPSA) is 66.4 Å². The molecule has 0 heterocycles. The summed E-state index contributed by atoms with van der Waals surface area (Å²) in [5, 5.41) is 0. The maximum absolute atomic E-state index is 10.6. The lowest BCUT2D eigenvalue weighted by atomic mass is 10.0. The molecule has 4 nitrogen and oxygen atoms in total. The third-order valence-corrected chi connectivity index (χ3v) is 2.71. The second-order valence-corrected chi connectivity index (χ2v) is 4.42. The van der Waals surface area contributed by atoms with Crippen LogP contribution in [-0.2, 0) is 23.1 Å². The highest BCUT2D eigenvalue weighted by Gasteiger charge is 2.06. The molecule has 1 aromatic carbocycles. The standard InChI is InChI=1S/C10H15NO3S/c1-3-8-5-6-10(7-9(8)4-2)11-15(12,13)14/h5-7,11H,3-4H2,1-2H3,(H,12,13,14). The van der Waals surface area contributed by atoms with Crippen molar-refractivity contribution in [1.82, 2.24) is 0 Å². The molecule has 0 spiro atoms. The van der Waals surface area contributed by atoms with E-state index in [0.717, 1.165) is 18.4 Å². The molecule has 0 aliphatic carbocycles. The summed E-state index contributed by atoms with van der Waals surface area (Å²) in [6, 6.07) is 5.25. The second-order valence-electron chi connectivity index (χ2n) is 3.27. The lowest BCUT2D eigenvalue weighted by Gasteiger charge is -2.08. The first-order valence-electron chi connectivity index (χ1n) is 4.83. The summed E-state index contributed by atoms with van der Waals surface area (Å²) in [7, 11) is -4.17. The van der Waals surface area contributed by atoms with Crippen molar-refractivity contribution in [2.75, 3.05) is 4.72 Å². The van der Waals surface area contributed by atoms with Crippen LogP contribution in [0.1, 0.15) is 25.0 Å². The smallest absolute Gasteiger partial charge is 0.269 e. The Morgan fingerprint density at radius 1 is 1.20 bits per heavy atom. The molecule has 84 valence electrons. The zero-order chi connectivity index (χ0) is 11.5. The molecule has 2 N–H and O–H groups in total. The first-order valence-corrected chi connectivity index (χ1v) is 6.27. The van der Waals surface area contributed by atoms with E-state index in [-0.39, 0.29) is 0 Å². The van der Waals surface area contributed by atoms with Crippen LogP contribution in [0.2, 0.25) is 0 Å². The summed E-state index contributed by atoms with van der Waals surface area (Å²) < 4.78 is 31.9. The Morgan fingerprint density at radius 3 is 2.27 bits per heavy atom. The molecule has 1 aromatic rings. The van der Waals surface area contributed by atoms with Crippen LogP contribution in [0.25, 0.3) is 0 Å². The van der Waals surface area contributed by atoms with Gasteiger partial charge in [0.15, 0.2) is 0 Å². The van der Waals surface area contributed by atoms with Gasteiger partial charge in [-0.15, -0.1) is 0 Å². The molecule has 15 heavy (non-hydrogen) atoms. The number of rotatable bonds is 4. The van der Waals surface area contributed by atoms with Gasteiger partial charge in [0.25, 0.3) is 0 Å². The molecule has 0 saturated carbocycles. The van der Waals surface area contributed by atoms with Crippen LogP contribution in [0.4, 0.5) is 5.69 Å². The Morgan fingerprint density at radius 2 is 1.80 bits per heavy atom. The monoisotopic (exact) mass is 229 g/mol. The van der Waals surface area contributed by atoms with Crippen LogP contribution in [-0.4, -0.2) is 13.0 Å². The van der Waals surface area contributed by atoms with Crippen LogP contribution in [0, 0.1) is 0 Å². The molecule has 0 fully saturated rings. The van der Waals surface area contributed by atoms with E-state index in [0.29, 0.717) is 5.69 Å². The highest BCUT2D eigenvalue weighted by Crippen LogP contribution is 2.17. The fraction of sp³-hybridized carbons (Fsp3) is 0.400. The summed E-state index contributed by atoms with van der Waals surface area (Å²) in [6.07, 6.45) is 1.75. The van der Waals surface area contributed by atoms with Crippen molar-refractivity contribution in [3.8, 4) is 0 Å². The molecule has 0 unspecified atom stereocenters. The van der Waals surface area contributed by atoms with Gasteiger partial charge in [-0.2, -0.15) is 8.42 Å². The van der Waals surface area contributed by atoms with Gasteiger partial charge in [0.1, 0.15) is 0 Å². The molecular formula is C10H15NO3S. The van der Waals surface area contributed by atoms with Crippen LogP contribution in [0.15, 0.2) is 18.2 Å². The molecule has 0 amide bonds. The van der Waals surface area contributed by atoms with E-state index in [9.17, 15) is 8.42 Å². The number of benzene rings is 1. The highest BCUT2D eigenvalue weighted by molar-refractivity contribution is 7.87. The maximum atomic E-state index is 10.6. The van der Waals surface area contributed by atoms with E-state index >= 15 is 0 Å². The summed E-state index contributed by atoms with van der Waals surface area (Å²) in [5.74, 6) is 0. The van der Waals surface area contributed by atoms with Gasteiger partial charge in [-0.25, -0.2) is 0 Å². The van der Waals surface area contributed by atoms with E-state index in [1.807, 2.05) is 24.6 Å². The maximum Gasteiger partial charge on any atom is 0.357 e. The second kappa shape index (κ2) is 4.63. The Kier molecular flexibility index (Phi) is 3.71. The zero-order valence-corrected chi connectivity index (χ0v) is 9.63. The summed E-state index contributed by atoms with van der Waals surface area (Å²) in [4.78, 5) is 0. The first kappa shape index (κ1) is 12.0. The van der Waals surface area contributed by atoms with Crippen LogP contribution < -0.4 is 4.72 Å². The van der Waals surface area contributed by atoms with Gasteiger partial charge < -0.3 is 0 Å². The van der Waals surface area contributed by atoms with E-state index in [2.05, 4.69) is 0 Å². The predicted octanol–water partition coefficient (Wildman–Crippen LogP) is 2.03. The predicted molar refractivity (Wildman–Crippen MR) is 60.4 cm³/mol. The Bertz CT molecular complexity index is 440. The average molecular weight is 229 g/mol. The molecule has 0 aliphatic heterocycles. The van der Waals surface area contributed by atoms with Gasteiger partial charge in [-0.1, -0.05) is 19.9 Å². The van der Waals surface area contributed by atoms with Gasteiger partial charge in [-0.3, -0.25) is 9.27 Å². The highest BCUT2D eigenvalue weighted by atomic mass is 32.2. The van der Waals surface area contributed by atoms with Gasteiger partial charge in [0.2, 0.25) is 0 Å². The summed E-state index contributed by atoms with van der Waals surface area (Å²) in [6.45, 7) is 4.05. The molecule has 5 heteroatoms. The zero-order valence-electron chi connectivity index (χ0n) is 8.82. The Labute approximate surface area is 90.2 Å². The largest absolute Gasteiger partial charge is 0.357 e. The van der Waals surface area contributed by atoms with Gasteiger partial charge in [0, 0.05) is 0 Å². The van der Waals surface area contributed by atoms with Gasteiger partial charge >= 0.3 is 10.3 Å². The number of hydrogen-bond donors (Lipinski definition) is 2. The van der Waals surface area contributed by atoms with Crippen molar-refractivity contribution < 1.29 is 13.0 Å². The Balaban J connectivity index is 3.03. The lowest BCUT2D eigenvalue weighted by molar-refractivity contribution is 0.489. The molecule has 0 aromatic heterocycles. The van der Waals surface area contributed by atoms with Crippen molar-refractivity contribution in [2.24, 2.45) is 0 Å². The van der Waals surface area contributed by atoms with E-state index in [1.165, 1.54) is 5.56 Å². The van der Waals surface area contributed by atoms with Crippen molar-refractivity contribution in [1.29, 1.82) is 0 Å². The van der Waals surface area contributed by atoms with Crippen LogP contribution in [0.3, 0.4) is 0 Å². The third-order valence-electron chi connectivity index (χ3n) is 2.21. The van der Waals surface area contributed by atoms with Crippen molar-refractivity contribution >= 4 is 16.0 Å². The quantitative estimate of drug-likeness (QED) is 0.776. The van der Waals surface area contributed by atoms with Crippen molar-refractivity contribution in [3.05, 3.63) is 29.3 Å². The molecule has 0 bridgehead atoms. The normalized spacial score (nSPS) is 11.4. The summed E-state index contributed by atoms with van der Waals surface area (Å²) in [5.41, 5.74) is 2.68. The fourth-order valence-electron chi connectivity index (χ4n) is 1.51. The number of aryl methyl sites for hydroxylation is 2. The fourth-order valence-corrected chi connectivity index (χ4v) is 1.94. The summed E-state index contributed by atoms with van der Waals surface area (Å²) >= 11 is 0. The van der Waals surface area contributed by atoms with Crippen LogP contribution in [0.5, 0.6) is 0 Å². The van der Waals surface area contributed by atoms with Gasteiger partial charge in [0.05, 0.1) is 5.69 Å².